The van der Waals surface area contributed by atoms with Gasteiger partial charge in [0.05, 0.1) is 13.2 Å². The lowest BCUT2D eigenvalue weighted by atomic mass is 10.1. The number of hydrogen-bond donors (Lipinski definition) is 1. The van der Waals surface area contributed by atoms with E-state index in [-0.39, 0.29) is 30.0 Å². The van der Waals surface area contributed by atoms with Gasteiger partial charge < -0.3 is 19.9 Å². The van der Waals surface area contributed by atoms with E-state index in [1.54, 1.807) is 7.11 Å². The number of carbonyl (C=O) groups excluding carboxylic acids is 1. The predicted octanol–water partition coefficient (Wildman–Crippen LogP) is 3.23. The number of carbonyl (C=O) groups is 1. The molecular weight excluding hydrogens is 529 g/mol. The standard InChI is InChI=1S/C25H41N5O2.HI/c1-4-26-25(27-14-6-5-9-22-10-12-23(32-3)13-11-22)30-19-17-28(18-20-30)21(2)24(31)29-15-7-8-16-29;/h10-13,21H,4-9,14-20H2,1-3H3,(H,26,27);1H. The van der Waals surface area contributed by atoms with Gasteiger partial charge in [0.1, 0.15) is 5.75 Å². The molecule has 7 nitrogen and oxygen atoms in total. The smallest absolute Gasteiger partial charge is 0.239 e. The van der Waals surface area contributed by atoms with Gasteiger partial charge in [-0.25, -0.2) is 0 Å². The van der Waals surface area contributed by atoms with Crippen LogP contribution in [0.1, 0.15) is 45.1 Å². The van der Waals surface area contributed by atoms with Crippen LogP contribution in [-0.4, -0.2) is 92.1 Å². The first-order chi connectivity index (χ1) is 15.6. The van der Waals surface area contributed by atoms with Crippen molar-refractivity contribution in [1.82, 2.24) is 20.0 Å². The molecule has 2 heterocycles. The molecule has 2 aliphatic rings. The first-order valence-corrected chi connectivity index (χ1v) is 12.3. The highest BCUT2D eigenvalue weighted by atomic mass is 127. The molecule has 1 amide bonds. The minimum atomic E-state index is -0.0206. The first-order valence-electron chi connectivity index (χ1n) is 12.3. The molecule has 2 saturated heterocycles. The zero-order chi connectivity index (χ0) is 22.8. The van der Waals surface area contributed by atoms with Crippen molar-refractivity contribution in [2.75, 3.05) is 59.5 Å². The summed E-state index contributed by atoms with van der Waals surface area (Å²) in [6, 6.07) is 8.31. The highest BCUT2D eigenvalue weighted by molar-refractivity contribution is 14.0. The van der Waals surface area contributed by atoms with E-state index in [1.807, 2.05) is 17.0 Å². The summed E-state index contributed by atoms with van der Waals surface area (Å²) in [4.78, 5) is 24.3. The monoisotopic (exact) mass is 571 g/mol. The maximum atomic E-state index is 12.7. The summed E-state index contributed by atoms with van der Waals surface area (Å²) in [5.41, 5.74) is 1.34. The van der Waals surface area contributed by atoms with Crippen molar-refractivity contribution in [1.29, 1.82) is 0 Å². The van der Waals surface area contributed by atoms with Crippen LogP contribution in [0.3, 0.4) is 0 Å². The third kappa shape index (κ3) is 8.31. The van der Waals surface area contributed by atoms with Crippen LogP contribution in [0.25, 0.3) is 0 Å². The van der Waals surface area contributed by atoms with E-state index < -0.39 is 0 Å². The fourth-order valence-corrected chi connectivity index (χ4v) is 4.52. The van der Waals surface area contributed by atoms with Crippen LogP contribution < -0.4 is 10.1 Å². The van der Waals surface area contributed by atoms with Crippen molar-refractivity contribution in [3.05, 3.63) is 29.8 Å². The summed E-state index contributed by atoms with van der Waals surface area (Å²) in [5, 5.41) is 3.45. The SMILES string of the molecule is CCNC(=NCCCCc1ccc(OC)cc1)N1CCN(C(C)C(=O)N2CCCC2)CC1.I. The van der Waals surface area contributed by atoms with Gasteiger partial charge in [0.25, 0.3) is 0 Å². The molecule has 1 aromatic carbocycles. The van der Waals surface area contributed by atoms with Crippen molar-refractivity contribution in [2.24, 2.45) is 4.99 Å². The lowest BCUT2D eigenvalue weighted by Crippen LogP contribution is -2.57. The molecule has 1 N–H and O–H groups in total. The Morgan fingerprint density at radius 1 is 1.03 bits per heavy atom. The number of piperazine rings is 1. The van der Waals surface area contributed by atoms with E-state index in [1.165, 1.54) is 5.56 Å². The topological polar surface area (TPSA) is 60.4 Å². The molecule has 8 heteroatoms. The average molecular weight is 572 g/mol. The number of nitrogens with one attached hydrogen (secondary N) is 1. The summed E-state index contributed by atoms with van der Waals surface area (Å²) in [7, 11) is 1.70. The number of methoxy groups -OCH3 is 1. The quantitative estimate of drug-likeness (QED) is 0.214. The Hall–Kier alpha value is -1.55. The number of benzene rings is 1. The lowest BCUT2D eigenvalue weighted by Gasteiger charge is -2.39. The molecule has 0 spiro atoms. The minimum Gasteiger partial charge on any atom is -0.497 e. The van der Waals surface area contributed by atoms with Crippen LogP contribution in [0.4, 0.5) is 0 Å². The number of hydrogen-bond acceptors (Lipinski definition) is 4. The molecule has 0 aliphatic carbocycles. The summed E-state index contributed by atoms with van der Waals surface area (Å²) < 4.78 is 5.22. The van der Waals surface area contributed by atoms with Gasteiger partial charge in [0.2, 0.25) is 5.91 Å². The van der Waals surface area contributed by atoms with Gasteiger partial charge in [-0.1, -0.05) is 12.1 Å². The first kappa shape index (κ1) is 27.7. The number of halogens is 1. The molecule has 0 saturated carbocycles. The Morgan fingerprint density at radius 2 is 1.70 bits per heavy atom. The normalized spacial score (nSPS) is 18.1. The fraction of sp³-hybridized carbons (Fsp3) is 0.680. The number of nitrogens with zero attached hydrogens (tertiary/aromatic N) is 4. The van der Waals surface area contributed by atoms with E-state index in [2.05, 4.69) is 41.1 Å². The molecule has 0 bridgehead atoms. The van der Waals surface area contributed by atoms with Gasteiger partial charge in [0, 0.05) is 52.4 Å². The average Bonchev–Trinajstić information content (AvgIpc) is 3.38. The lowest BCUT2D eigenvalue weighted by molar-refractivity contribution is -0.135. The largest absolute Gasteiger partial charge is 0.497 e. The van der Waals surface area contributed by atoms with E-state index in [9.17, 15) is 4.79 Å². The molecule has 2 fully saturated rings. The Balaban J connectivity index is 0.00000385. The Bertz CT molecular complexity index is 729. The van der Waals surface area contributed by atoms with Gasteiger partial charge in [-0.15, -0.1) is 24.0 Å². The molecule has 0 radical (unpaired) electrons. The predicted molar refractivity (Wildman–Crippen MR) is 146 cm³/mol. The molecule has 1 atom stereocenters. The van der Waals surface area contributed by atoms with Crippen molar-refractivity contribution >= 4 is 35.8 Å². The summed E-state index contributed by atoms with van der Waals surface area (Å²) >= 11 is 0. The minimum absolute atomic E-state index is 0. The van der Waals surface area contributed by atoms with Crippen molar-refractivity contribution in [3.63, 3.8) is 0 Å². The molecular formula is C25H42IN5O2. The highest BCUT2D eigenvalue weighted by Crippen LogP contribution is 2.15. The Morgan fingerprint density at radius 3 is 2.30 bits per heavy atom. The number of aliphatic imine (C=N–C) groups is 1. The second-order valence-corrected chi connectivity index (χ2v) is 8.77. The Labute approximate surface area is 216 Å². The third-order valence-electron chi connectivity index (χ3n) is 6.57. The number of ether oxygens (including phenoxy) is 1. The molecule has 1 unspecified atom stereocenters. The van der Waals surface area contributed by atoms with Crippen molar-refractivity contribution < 1.29 is 9.53 Å². The highest BCUT2D eigenvalue weighted by Gasteiger charge is 2.30. The van der Waals surface area contributed by atoms with Crippen molar-refractivity contribution in [3.8, 4) is 5.75 Å². The number of rotatable bonds is 9. The van der Waals surface area contributed by atoms with Crippen LogP contribution in [0, 0.1) is 0 Å². The van der Waals surface area contributed by atoms with Gasteiger partial charge in [0.15, 0.2) is 5.96 Å². The van der Waals surface area contributed by atoms with Crippen LogP contribution in [0.2, 0.25) is 0 Å². The maximum Gasteiger partial charge on any atom is 0.239 e. The fourth-order valence-electron chi connectivity index (χ4n) is 4.52. The van der Waals surface area contributed by atoms with E-state index in [4.69, 9.17) is 9.73 Å². The van der Waals surface area contributed by atoms with Crippen LogP contribution >= 0.6 is 24.0 Å². The van der Waals surface area contributed by atoms with Crippen LogP contribution in [0.15, 0.2) is 29.3 Å². The third-order valence-corrected chi connectivity index (χ3v) is 6.57. The number of amides is 1. The summed E-state index contributed by atoms with van der Waals surface area (Å²) in [5.74, 6) is 2.21. The molecule has 2 aliphatic heterocycles. The summed E-state index contributed by atoms with van der Waals surface area (Å²) in [6.45, 7) is 11.4. The second kappa shape index (κ2) is 14.7. The van der Waals surface area contributed by atoms with E-state index in [0.29, 0.717) is 5.91 Å². The number of likely N-dealkylation sites (tertiary alicyclic amines) is 1. The van der Waals surface area contributed by atoms with Gasteiger partial charge in [-0.3, -0.25) is 14.7 Å². The van der Waals surface area contributed by atoms with Crippen LogP contribution in [-0.2, 0) is 11.2 Å². The molecule has 0 aromatic heterocycles. The van der Waals surface area contributed by atoms with Gasteiger partial charge >= 0.3 is 0 Å². The molecule has 186 valence electrons. The van der Waals surface area contributed by atoms with Gasteiger partial charge in [-0.2, -0.15) is 0 Å². The Kier molecular flexibility index (Phi) is 12.3. The van der Waals surface area contributed by atoms with Crippen LogP contribution in [0.5, 0.6) is 5.75 Å². The zero-order valence-corrected chi connectivity index (χ0v) is 22.9. The van der Waals surface area contributed by atoms with Gasteiger partial charge in [-0.05, 0) is 63.6 Å². The molecule has 33 heavy (non-hydrogen) atoms. The molecule has 3 rings (SSSR count). The second-order valence-electron chi connectivity index (χ2n) is 8.77. The number of unbranched alkanes of at least 4 members (excludes halogenated alkanes) is 1. The van der Waals surface area contributed by atoms with Crippen molar-refractivity contribution in [2.45, 2.75) is 52.0 Å². The number of aryl methyl sites for hydroxylation is 1. The maximum absolute atomic E-state index is 12.7. The van der Waals surface area contributed by atoms with E-state index in [0.717, 1.165) is 96.2 Å². The number of guanidine groups is 1. The zero-order valence-electron chi connectivity index (χ0n) is 20.6. The van der Waals surface area contributed by atoms with E-state index >= 15 is 0 Å². The summed E-state index contributed by atoms with van der Waals surface area (Å²) in [6.07, 6.45) is 5.56. The molecule has 1 aromatic rings.